The van der Waals surface area contributed by atoms with Crippen LogP contribution in [0.15, 0.2) is 12.2 Å². The number of carbonyl (C=O) groups excluding carboxylic acids is 1. The Labute approximate surface area is 105 Å². The van der Waals surface area contributed by atoms with Gasteiger partial charge in [0.15, 0.2) is 0 Å². The zero-order chi connectivity index (χ0) is 13.0. The standard InChI is InChI=1S/C12H18N2O4/c15-11(16)9-6-18-7-10(9)14-12(17)13-8-4-2-1-3-5-8/h1-2,8-10H,3-7H2,(H,15,16)(H2,13,14,17). The van der Waals surface area contributed by atoms with Crippen LogP contribution in [0.1, 0.15) is 19.3 Å². The molecule has 100 valence electrons. The second-order valence-corrected chi connectivity index (χ2v) is 4.69. The van der Waals surface area contributed by atoms with E-state index in [-0.39, 0.29) is 25.3 Å². The van der Waals surface area contributed by atoms with Crippen molar-refractivity contribution in [3.63, 3.8) is 0 Å². The summed E-state index contributed by atoms with van der Waals surface area (Å²) in [7, 11) is 0. The van der Waals surface area contributed by atoms with E-state index < -0.39 is 17.9 Å². The number of urea groups is 1. The van der Waals surface area contributed by atoms with Gasteiger partial charge in [-0.2, -0.15) is 0 Å². The minimum absolute atomic E-state index is 0.139. The molecular formula is C12H18N2O4. The summed E-state index contributed by atoms with van der Waals surface area (Å²) < 4.78 is 5.09. The van der Waals surface area contributed by atoms with E-state index in [4.69, 9.17) is 9.84 Å². The van der Waals surface area contributed by atoms with Gasteiger partial charge in [0, 0.05) is 6.04 Å². The summed E-state index contributed by atoms with van der Waals surface area (Å²) >= 11 is 0. The summed E-state index contributed by atoms with van der Waals surface area (Å²) in [6.07, 6.45) is 6.87. The molecular weight excluding hydrogens is 236 g/mol. The number of rotatable bonds is 3. The highest BCUT2D eigenvalue weighted by Crippen LogP contribution is 2.14. The topological polar surface area (TPSA) is 87.7 Å². The Kier molecular flexibility index (Phi) is 4.19. The molecule has 18 heavy (non-hydrogen) atoms. The molecule has 0 aromatic carbocycles. The first kappa shape index (κ1) is 12.9. The lowest BCUT2D eigenvalue weighted by Crippen LogP contribution is -2.50. The lowest BCUT2D eigenvalue weighted by atomic mass is 10.0. The van der Waals surface area contributed by atoms with E-state index in [0.29, 0.717) is 0 Å². The minimum Gasteiger partial charge on any atom is -0.481 e. The van der Waals surface area contributed by atoms with Gasteiger partial charge in [0.2, 0.25) is 0 Å². The molecule has 1 aliphatic heterocycles. The van der Waals surface area contributed by atoms with Gasteiger partial charge in [-0.15, -0.1) is 0 Å². The van der Waals surface area contributed by atoms with E-state index in [1.54, 1.807) is 0 Å². The number of aliphatic carboxylic acids is 1. The predicted molar refractivity (Wildman–Crippen MR) is 64.2 cm³/mol. The van der Waals surface area contributed by atoms with Crippen molar-refractivity contribution in [1.82, 2.24) is 10.6 Å². The zero-order valence-corrected chi connectivity index (χ0v) is 10.1. The van der Waals surface area contributed by atoms with Crippen LogP contribution in [0.2, 0.25) is 0 Å². The minimum atomic E-state index is -0.932. The number of ether oxygens (including phenoxy) is 1. The Balaban J connectivity index is 1.79. The molecule has 0 radical (unpaired) electrons. The molecule has 0 aromatic rings. The second-order valence-electron chi connectivity index (χ2n) is 4.69. The van der Waals surface area contributed by atoms with Crippen LogP contribution >= 0.6 is 0 Å². The quantitative estimate of drug-likeness (QED) is 0.640. The summed E-state index contributed by atoms with van der Waals surface area (Å²) in [6.45, 7) is 0.418. The highest BCUT2D eigenvalue weighted by Gasteiger charge is 2.35. The monoisotopic (exact) mass is 254 g/mol. The van der Waals surface area contributed by atoms with Gasteiger partial charge in [0.1, 0.15) is 5.92 Å². The van der Waals surface area contributed by atoms with Gasteiger partial charge in [-0.1, -0.05) is 12.2 Å². The van der Waals surface area contributed by atoms with Crippen molar-refractivity contribution in [1.29, 1.82) is 0 Å². The molecule has 2 rings (SSSR count). The Bertz CT molecular complexity index is 356. The molecule has 6 nitrogen and oxygen atoms in total. The third-order valence-electron chi connectivity index (χ3n) is 3.32. The SMILES string of the molecule is O=C(NC1CC=CCC1)NC1COCC1C(=O)O. The average molecular weight is 254 g/mol. The number of allylic oxidation sites excluding steroid dienone is 1. The van der Waals surface area contributed by atoms with Crippen LogP contribution in [0.3, 0.4) is 0 Å². The molecule has 0 aromatic heterocycles. The smallest absolute Gasteiger partial charge is 0.315 e. The molecule has 1 fully saturated rings. The Morgan fingerprint density at radius 3 is 2.72 bits per heavy atom. The first-order chi connectivity index (χ1) is 8.66. The third-order valence-corrected chi connectivity index (χ3v) is 3.32. The molecule has 3 N–H and O–H groups in total. The summed E-state index contributed by atoms with van der Waals surface area (Å²) in [4.78, 5) is 22.7. The van der Waals surface area contributed by atoms with E-state index in [0.717, 1.165) is 19.3 Å². The fourth-order valence-electron chi connectivity index (χ4n) is 2.26. The van der Waals surface area contributed by atoms with Crippen LogP contribution in [-0.4, -0.2) is 42.4 Å². The number of amides is 2. The van der Waals surface area contributed by atoms with E-state index in [2.05, 4.69) is 16.7 Å². The first-order valence-electron chi connectivity index (χ1n) is 6.19. The van der Waals surface area contributed by atoms with Gasteiger partial charge in [-0.25, -0.2) is 4.79 Å². The van der Waals surface area contributed by atoms with Crippen LogP contribution in [0.25, 0.3) is 0 Å². The lowest BCUT2D eigenvalue weighted by molar-refractivity contribution is -0.142. The van der Waals surface area contributed by atoms with Crippen LogP contribution in [0.5, 0.6) is 0 Å². The molecule has 3 unspecified atom stereocenters. The maximum absolute atomic E-state index is 11.7. The van der Waals surface area contributed by atoms with Crippen molar-refractivity contribution < 1.29 is 19.4 Å². The molecule has 3 atom stereocenters. The molecule has 2 aliphatic rings. The number of carboxylic acids is 1. The van der Waals surface area contributed by atoms with Crippen molar-refractivity contribution in [3.8, 4) is 0 Å². The van der Waals surface area contributed by atoms with E-state index in [9.17, 15) is 9.59 Å². The van der Waals surface area contributed by atoms with Crippen molar-refractivity contribution in [2.24, 2.45) is 5.92 Å². The van der Waals surface area contributed by atoms with Gasteiger partial charge >= 0.3 is 12.0 Å². The normalized spacial score (nSPS) is 31.0. The molecule has 0 bridgehead atoms. The summed E-state index contributed by atoms with van der Waals surface area (Å²) in [5, 5.41) is 14.5. The van der Waals surface area contributed by atoms with Crippen molar-refractivity contribution in [2.75, 3.05) is 13.2 Å². The Morgan fingerprint density at radius 1 is 1.22 bits per heavy atom. The van der Waals surface area contributed by atoms with Gasteiger partial charge in [-0.05, 0) is 19.3 Å². The van der Waals surface area contributed by atoms with Crippen molar-refractivity contribution >= 4 is 12.0 Å². The van der Waals surface area contributed by atoms with Crippen LogP contribution in [0.4, 0.5) is 4.79 Å². The molecule has 0 saturated carbocycles. The fraction of sp³-hybridized carbons (Fsp3) is 0.667. The maximum Gasteiger partial charge on any atom is 0.315 e. The molecule has 0 spiro atoms. The largest absolute Gasteiger partial charge is 0.481 e. The van der Waals surface area contributed by atoms with E-state index in [1.807, 2.05) is 6.08 Å². The summed E-state index contributed by atoms with van der Waals surface area (Å²) in [5.41, 5.74) is 0. The zero-order valence-electron chi connectivity index (χ0n) is 10.1. The highest BCUT2D eigenvalue weighted by atomic mass is 16.5. The third kappa shape index (κ3) is 3.22. The number of carboxylic acid groups (broad SMARTS) is 1. The van der Waals surface area contributed by atoms with Gasteiger partial charge in [-0.3, -0.25) is 4.79 Å². The number of hydrogen-bond acceptors (Lipinski definition) is 3. The predicted octanol–water partition coefficient (Wildman–Crippen LogP) is 0.494. The van der Waals surface area contributed by atoms with Gasteiger partial charge in [0.05, 0.1) is 19.3 Å². The Morgan fingerprint density at radius 2 is 2.06 bits per heavy atom. The van der Waals surface area contributed by atoms with Gasteiger partial charge in [0.25, 0.3) is 0 Å². The van der Waals surface area contributed by atoms with Crippen LogP contribution in [-0.2, 0) is 9.53 Å². The van der Waals surface area contributed by atoms with E-state index >= 15 is 0 Å². The van der Waals surface area contributed by atoms with Crippen LogP contribution < -0.4 is 10.6 Å². The molecule has 1 aliphatic carbocycles. The maximum atomic E-state index is 11.7. The molecule has 6 heteroatoms. The summed E-state index contributed by atoms with van der Waals surface area (Å²) in [5.74, 6) is -1.58. The number of hydrogen-bond donors (Lipinski definition) is 3. The fourth-order valence-corrected chi connectivity index (χ4v) is 2.26. The Hall–Kier alpha value is -1.56. The number of nitrogens with one attached hydrogen (secondary N) is 2. The highest BCUT2D eigenvalue weighted by molar-refractivity contribution is 5.77. The van der Waals surface area contributed by atoms with Gasteiger partial charge < -0.3 is 20.5 Å². The summed E-state index contributed by atoms with van der Waals surface area (Å²) in [6, 6.07) is -0.612. The van der Waals surface area contributed by atoms with Crippen molar-refractivity contribution in [2.45, 2.75) is 31.3 Å². The molecule has 2 amide bonds. The van der Waals surface area contributed by atoms with E-state index in [1.165, 1.54) is 0 Å². The average Bonchev–Trinajstić information content (AvgIpc) is 2.78. The van der Waals surface area contributed by atoms with Crippen LogP contribution in [0, 0.1) is 5.92 Å². The molecule has 1 saturated heterocycles. The lowest BCUT2D eigenvalue weighted by Gasteiger charge is -2.22. The molecule has 1 heterocycles. The first-order valence-corrected chi connectivity index (χ1v) is 6.19. The van der Waals surface area contributed by atoms with Crippen molar-refractivity contribution in [3.05, 3.63) is 12.2 Å². The number of carbonyl (C=O) groups is 2. The second kappa shape index (κ2) is 5.86.